The van der Waals surface area contributed by atoms with Gasteiger partial charge in [0, 0.05) is 11.6 Å². The number of hydrogen-bond donors (Lipinski definition) is 2. The molecule has 1 aliphatic heterocycles. The molecule has 1 aromatic heterocycles. The van der Waals surface area contributed by atoms with Crippen molar-refractivity contribution in [2.75, 3.05) is 6.61 Å². The van der Waals surface area contributed by atoms with Gasteiger partial charge in [0.05, 0.1) is 19.7 Å². The number of benzene rings is 1. The predicted octanol–water partition coefficient (Wildman–Crippen LogP) is 1.09. The molecule has 0 saturated heterocycles. The Morgan fingerprint density at radius 3 is 3.00 bits per heavy atom. The van der Waals surface area contributed by atoms with E-state index in [0.29, 0.717) is 29.7 Å². The molecule has 0 spiro atoms. The lowest BCUT2D eigenvalue weighted by molar-refractivity contribution is -0.145. The Morgan fingerprint density at radius 1 is 1.54 bits per heavy atom. The minimum absolute atomic E-state index is 0.0502. The van der Waals surface area contributed by atoms with Crippen LogP contribution in [-0.2, 0) is 24.4 Å². The topological polar surface area (TPSA) is 100 Å². The number of carboxylic acid groups (broad SMARTS) is 1. The lowest BCUT2D eigenvalue weighted by Gasteiger charge is -2.32. The van der Waals surface area contributed by atoms with Crippen LogP contribution in [0.25, 0.3) is 0 Å². The van der Waals surface area contributed by atoms with Crippen molar-refractivity contribution in [2.45, 2.75) is 32.6 Å². The van der Waals surface area contributed by atoms with Gasteiger partial charge in [-0.25, -0.2) is 9.89 Å². The van der Waals surface area contributed by atoms with Gasteiger partial charge in [-0.1, -0.05) is 17.7 Å². The standard InChI is InChI=1S/C15H17ClN4O4/c1-2-24-10-4-3-9(11(16)5-10)6-19-8-13-17-18-15(23)20(13)7-12(19)14(21)22/h3-5,12H,2,6-8H2,1H3,(H,18,23)(H,21,22). The van der Waals surface area contributed by atoms with Crippen molar-refractivity contribution < 1.29 is 14.6 Å². The Balaban J connectivity index is 1.85. The fraction of sp³-hybridized carbons (Fsp3) is 0.400. The van der Waals surface area contributed by atoms with Crippen molar-refractivity contribution in [1.82, 2.24) is 19.7 Å². The van der Waals surface area contributed by atoms with Crippen molar-refractivity contribution in [3.05, 3.63) is 45.1 Å². The van der Waals surface area contributed by atoms with Gasteiger partial charge in [-0.2, -0.15) is 5.10 Å². The Hall–Kier alpha value is -2.32. The van der Waals surface area contributed by atoms with Crippen molar-refractivity contribution >= 4 is 17.6 Å². The van der Waals surface area contributed by atoms with Gasteiger partial charge in [-0.15, -0.1) is 0 Å². The zero-order valence-electron chi connectivity index (χ0n) is 13.0. The summed E-state index contributed by atoms with van der Waals surface area (Å²) in [6, 6.07) is 4.51. The van der Waals surface area contributed by atoms with E-state index in [0.717, 1.165) is 5.56 Å². The monoisotopic (exact) mass is 352 g/mol. The molecule has 128 valence electrons. The average Bonchev–Trinajstić information content (AvgIpc) is 2.90. The minimum Gasteiger partial charge on any atom is -0.494 e. The summed E-state index contributed by atoms with van der Waals surface area (Å²) in [5.74, 6) is 0.191. The fourth-order valence-corrected chi connectivity index (χ4v) is 3.00. The van der Waals surface area contributed by atoms with Gasteiger partial charge >= 0.3 is 11.7 Å². The molecular weight excluding hydrogens is 336 g/mol. The van der Waals surface area contributed by atoms with E-state index in [1.165, 1.54) is 4.57 Å². The molecule has 1 unspecified atom stereocenters. The van der Waals surface area contributed by atoms with Crippen molar-refractivity contribution in [3.63, 3.8) is 0 Å². The third kappa shape index (κ3) is 3.15. The van der Waals surface area contributed by atoms with Gasteiger partial charge in [0.2, 0.25) is 0 Å². The van der Waals surface area contributed by atoms with E-state index in [1.54, 1.807) is 17.0 Å². The largest absolute Gasteiger partial charge is 0.494 e. The van der Waals surface area contributed by atoms with Crippen LogP contribution in [0.15, 0.2) is 23.0 Å². The van der Waals surface area contributed by atoms with E-state index in [9.17, 15) is 14.7 Å². The number of ether oxygens (including phenoxy) is 1. The van der Waals surface area contributed by atoms with Crippen LogP contribution in [0.1, 0.15) is 18.3 Å². The number of fused-ring (bicyclic) bond motifs is 1. The predicted molar refractivity (Wildman–Crippen MR) is 86.1 cm³/mol. The van der Waals surface area contributed by atoms with Gasteiger partial charge in [-0.05, 0) is 24.6 Å². The van der Waals surface area contributed by atoms with Crippen LogP contribution in [0.4, 0.5) is 0 Å². The molecule has 3 rings (SSSR count). The minimum atomic E-state index is -0.990. The zero-order chi connectivity index (χ0) is 17.3. The van der Waals surface area contributed by atoms with E-state index in [1.807, 2.05) is 13.0 Å². The summed E-state index contributed by atoms with van der Waals surface area (Å²) < 4.78 is 6.75. The molecule has 8 nitrogen and oxygen atoms in total. The van der Waals surface area contributed by atoms with Gasteiger partial charge in [0.25, 0.3) is 0 Å². The van der Waals surface area contributed by atoms with Crippen LogP contribution < -0.4 is 10.4 Å². The number of carbonyl (C=O) groups is 1. The highest BCUT2D eigenvalue weighted by Gasteiger charge is 2.33. The molecular formula is C15H17ClN4O4. The van der Waals surface area contributed by atoms with Gasteiger partial charge in [-0.3, -0.25) is 14.3 Å². The molecule has 1 aromatic carbocycles. The molecule has 2 heterocycles. The Morgan fingerprint density at radius 2 is 2.33 bits per heavy atom. The number of carboxylic acids is 1. The Labute approximate surface area is 142 Å². The summed E-state index contributed by atoms with van der Waals surface area (Å²) in [5.41, 5.74) is 0.396. The summed E-state index contributed by atoms with van der Waals surface area (Å²) in [5, 5.41) is 16.3. The van der Waals surface area contributed by atoms with Crippen LogP contribution in [0.3, 0.4) is 0 Å². The van der Waals surface area contributed by atoms with Crippen LogP contribution in [0.2, 0.25) is 5.02 Å². The number of nitrogens with one attached hydrogen (secondary N) is 1. The van der Waals surface area contributed by atoms with Crippen LogP contribution in [-0.4, -0.2) is 43.4 Å². The van der Waals surface area contributed by atoms with E-state index in [-0.39, 0.29) is 13.1 Å². The number of nitrogens with zero attached hydrogens (tertiary/aromatic N) is 3. The Kier molecular flexibility index (Phi) is 4.59. The number of hydrogen-bond acceptors (Lipinski definition) is 5. The highest BCUT2D eigenvalue weighted by atomic mass is 35.5. The van der Waals surface area contributed by atoms with E-state index >= 15 is 0 Å². The molecule has 0 amide bonds. The smallest absolute Gasteiger partial charge is 0.343 e. The third-order valence-electron chi connectivity index (χ3n) is 3.97. The van der Waals surface area contributed by atoms with Crippen molar-refractivity contribution in [1.29, 1.82) is 0 Å². The maximum atomic E-state index is 11.6. The second-order valence-corrected chi connectivity index (χ2v) is 5.91. The molecule has 0 bridgehead atoms. The molecule has 1 atom stereocenters. The fourth-order valence-electron chi connectivity index (χ4n) is 2.77. The lowest BCUT2D eigenvalue weighted by atomic mass is 10.1. The summed E-state index contributed by atoms with van der Waals surface area (Å²) >= 11 is 6.28. The number of aromatic nitrogens is 3. The average molecular weight is 353 g/mol. The first-order valence-electron chi connectivity index (χ1n) is 7.51. The maximum absolute atomic E-state index is 11.6. The normalized spacial score (nSPS) is 17.5. The molecule has 0 fully saturated rings. The number of rotatable bonds is 5. The van der Waals surface area contributed by atoms with Crippen LogP contribution in [0.5, 0.6) is 5.75 Å². The number of aromatic amines is 1. The highest BCUT2D eigenvalue weighted by molar-refractivity contribution is 6.31. The van der Waals surface area contributed by atoms with E-state index in [4.69, 9.17) is 16.3 Å². The molecule has 0 aliphatic carbocycles. The molecule has 1 aliphatic rings. The van der Waals surface area contributed by atoms with Crippen molar-refractivity contribution in [3.8, 4) is 5.75 Å². The quantitative estimate of drug-likeness (QED) is 0.835. The van der Waals surface area contributed by atoms with Gasteiger partial charge in [0.1, 0.15) is 17.6 Å². The van der Waals surface area contributed by atoms with Crippen LogP contribution in [0, 0.1) is 0 Å². The molecule has 0 radical (unpaired) electrons. The SMILES string of the molecule is CCOc1ccc(CN2Cc3n[nH]c(=O)n3CC2C(=O)O)c(Cl)c1. The maximum Gasteiger partial charge on any atom is 0.343 e. The molecule has 24 heavy (non-hydrogen) atoms. The summed E-state index contributed by atoms with van der Waals surface area (Å²) in [6.45, 7) is 3.06. The second-order valence-electron chi connectivity index (χ2n) is 5.50. The van der Waals surface area contributed by atoms with E-state index < -0.39 is 17.7 Å². The molecule has 2 N–H and O–H groups in total. The van der Waals surface area contributed by atoms with Crippen LogP contribution >= 0.6 is 11.6 Å². The highest BCUT2D eigenvalue weighted by Crippen LogP contribution is 2.26. The number of halogens is 1. The molecule has 0 saturated carbocycles. The first-order chi connectivity index (χ1) is 11.5. The Bertz CT molecular complexity index is 816. The summed E-state index contributed by atoms with van der Waals surface area (Å²) in [7, 11) is 0. The van der Waals surface area contributed by atoms with Gasteiger partial charge in [0.15, 0.2) is 0 Å². The van der Waals surface area contributed by atoms with E-state index in [2.05, 4.69) is 10.2 Å². The first kappa shape index (κ1) is 16.5. The second kappa shape index (κ2) is 6.66. The van der Waals surface area contributed by atoms with Gasteiger partial charge < -0.3 is 9.84 Å². The molecule has 2 aromatic rings. The summed E-state index contributed by atoms with van der Waals surface area (Å²) in [4.78, 5) is 25.0. The summed E-state index contributed by atoms with van der Waals surface area (Å²) in [6.07, 6.45) is 0. The number of H-pyrrole nitrogens is 1. The number of aliphatic carboxylic acids is 1. The third-order valence-corrected chi connectivity index (χ3v) is 4.32. The van der Waals surface area contributed by atoms with Crippen molar-refractivity contribution in [2.24, 2.45) is 0 Å². The molecule has 9 heteroatoms. The first-order valence-corrected chi connectivity index (χ1v) is 7.89. The zero-order valence-corrected chi connectivity index (χ0v) is 13.8. The lowest BCUT2D eigenvalue weighted by Crippen LogP contribution is -2.49.